The molecule has 1 aliphatic carbocycles. The summed E-state index contributed by atoms with van der Waals surface area (Å²) in [6.45, 7) is 0.361. The van der Waals surface area contributed by atoms with Crippen LogP contribution in [0.2, 0.25) is 0 Å². The lowest BCUT2D eigenvalue weighted by Gasteiger charge is -2.11. The van der Waals surface area contributed by atoms with E-state index in [9.17, 15) is 9.18 Å². The van der Waals surface area contributed by atoms with Crippen molar-refractivity contribution < 1.29 is 13.9 Å². The molecule has 114 valence electrons. The Kier molecular flexibility index (Phi) is 3.77. The number of hydrogen-bond acceptors (Lipinski definition) is 4. The van der Waals surface area contributed by atoms with Crippen LogP contribution in [0.4, 0.5) is 4.39 Å². The number of ether oxygens (including phenoxy) is 1. The highest BCUT2D eigenvalue weighted by Gasteiger charge is 2.45. The Balaban J connectivity index is 1.62. The van der Waals surface area contributed by atoms with Crippen molar-refractivity contribution in [2.45, 2.75) is 24.9 Å². The fraction of sp³-hybridized carbons (Fsp3) is 0.250. The number of carbonyl (C=O) groups excluding carboxylic acids is 1. The molecular formula is C16H16FN3O2. The maximum Gasteiger partial charge on any atom is 0.240 e. The number of rotatable bonds is 5. The number of hydrogen-bond donors (Lipinski definition) is 2. The fourth-order valence-electron chi connectivity index (χ4n) is 1.96. The smallest absolute Gasteiger partial charge is 0.240 e. The first-order valence-electron chi connectivity index (χ1n) is 7.01. The molecule has 22 heavy (non-hydrogen) atoms. The van der Waals surface area contributed by atoms with Gasteiger partial charge in [0.1, 0.15) is 11.6 Å². The minimum Gasteiger partial charge on any atom is -0.439 e. The van der Waals surface area contributed by atoms with Gasteiger partial charge in [-0.25, -0.2) is 9.37 Å². The van der Waals surface area contributed by atoms with Gasteiger partial charge in [0.05, 0.1) is 5.54 Å². The van der Waals surface area contributed by atoms with Gasteiger partial charge in [0.2, 0.25) is 11.8 Å². The lowest BCUT2D eigenvalue weighted by Crippen LogP contribution is -2.42. The molecule has 1 aliphatic rings. The minimum absolute atomic E-state index is 0.134. The van der Waals surface area contributed by atoms with Gasteiger partial charge in [-0.15, -0.1) is 0 Å². The van der Waals surface area contributed by atoms with E-state index in [2.05, 4.69) is 10.3 Å². The van der Waals surface area contributed by atoms with E-state index < -0.39 is 5.54 Å². The third-order valence-corrected chi connectivity index (χ3v) is 3.53. The van der Waals surface area contributed by atoms with Crippen LogP contribution in [-0.2, 0) is 11.3 Å². The van der Waals surface area contributed by atoms with E-state index in [4.69, 9.17) is 10.5 Å². The average Bonchev–Trinajstić information content (AvgIpc) is 3.27. The van der Waals surface area contributed by atoms with Gasteiger partial charge in [0.15, 0.2) is 0 Å². The number of nitrogens with one attached hydrogen (secondary N) is 1. The second kappa shape index (κ2) is 5.73. The fourth-order valence-corrected chi connectivity index (χ4v) is 1.96. The molecule has 0 atom stereocenters. The van der Waals surface area contributed by atoms with Crippen molar-refractivity contribution in [2.24, 2.45) is 5.73 Å². The third-order valence-electron chi connectivity index (χ3n) is 3.53. The zero-order chi connectivity index (χ0) is 15.6. The van der Waals surface area contributed by atoms with Crippen LogP contribution in [0.25, 0.3) is 0 Å². The number of nitrogens with two attached hydrogens (primary N) is 1. The molecule has 0 bridgehead atoms. The van der Waals surface area contributed by atoms with Crippen LogP contribution in [0.15, 0.2) is 42.6 Å². The van der Waals surface area contributed by atoms with E-state index in [0.29, 0.717) is 18.2 Å². The van der Waals surface area contributed by atoms with E-state index in [1.54, 1.807) is 18.3 Å². The summed E-state index contributed by atoms with van der Waals surface area (Å²) in [6, 6.07) is 9.19. The minimum atomic E-state index is -0.680. The highest BCUT2D eigenvalue weighted by Crippen LogP contribution is 2.32. The van der Waals surface area contributed by atoms with Crippen LogP contribution in [0.3, 0.4) is 0 Å². The van der Waals surface area contributed by atoms with Crippen LogP contribution in [0.1, 0.15) is 18.4 Å². The van der Waals surface area contributed by atoms with Crippen molar-refractivity contribution in [3.8, 4) is 11.6 Å². The van der Waals surface area contributed by atoms with Gasteiger partial charge in [-0.05, 0) is 48.7 Å². The van der Waals surface area contributed by atoms with E-state index in [1.165, 1.54) is 24.3 Å². The van der Waals surface area contributed by atoms with Crippen molar-refractivity contribution in [1.82, 2.24) is 10.3 Å². The Morgan fingerprint density at radius 3 is 2.73 bits per heavy atom. The monoisotopic (exact) mass is 301 g/mol. The summed E-state index contributed by atoms with van der Waals surface area (Å²) >= 11 is 0. The van der Waals surface area contributed by atoms with Crippen molar-refractivity contribution in [2.75, 3.05) is 0 Å². The van der Waals surface area contributed by atoms with Crippen LogP contribution in [0.5, 0.6) is 11.6 Å². The highest BCUT2D eigenvalue weighted by molar-refractivity contribution is 5.88. The molecule has 0 aliphatic heterocycles. The van der Waals surface area contributed by atoms with Crippen LogP contribution in [-0.4, -0.2) is 16.4 Å². The molecule has 0 spiro atoms. The Labute approximate surface area is 127 Å². The first-order chi connectivity index (χ1) is 10.5. The van der Waals surface area contributed by atoms with E-state index in [0.717, 1.165) is 18.4 Å². The maximum absolute atomic E-state index is 12.8. The lowest BCUT2D eigenvalue weighted by molar-refractivity contribution is -0.123. The van der Waals surface area contributed by atoms with Crippen LogP contribution >= 0.6 is 0 Å². The molecule has 5 nitrogen and oxygen atoms in total. The molecule has 3 rings (SSSR count). The number of carbonyl (C=O) groups is 1. The Morgan fingerprint density at radius 2 is 2.05 bits per heavy atom. The van der Waals surface area contributed by atoms with Crippen molar-refractivity contribution in [3.63, 3.8) is 0 Å². The zero-order valence-electron chi connectivity index (χ0n) is 11.9. The maximum atomic E-state index is 12.8. The summed E-state index contributed by atoms with van der Waals surface area (Å²) in [4.78, 5) is 15.9. The van der Waals surface area contributed by atoms with Gasteiger partial charge in [-0.3, -0.25) is 4.79 Å². The molecule has 2 aromatic rings. The molecular weight excluding hydrogens is 285 g/mol. The number of pyridine rings is 1. The Hall–Kier alpha value is -2.47. The second-order valence-corrected chi connectivity index (χ2v) is 5.40. The van der Waals surface area contributed by atoms with Crippen molar-refractivity contribution in [1.29, 1.82) is 0 Å². The molecule has 0 unspecified atom stereocenters. The number of aromatic nitrogens is 1. The standard InChI is InChI=1S/C16H16FN3O2/c17-12-1-3-13(4-2-12)22-14-9-11(5-8-19-14)10-20-15(21)16(18)6-7-16/h1-5,8-9H,6-7,10,18H2,(H,20,21). The van der Waals surface area contributed by atoms with E-state index in [1.807, 2.05) is 0 Å². The molecule has 1 fully saturated rings. The second-order valence-electron chi connectivity index (χ2n) is 5.40. The van der Waals surface area contributed by atoms with Gasteiger partial charge >= 0.3 is 0 Å². The van der Waals surface area contributed by atoms with Gasteiger partial charge in [0.25, 0.3) is 0 Å². The SMILES string of the molecule is NC1(C(=O)NCc2ccnc(Oc3ccc(F)cc3)c2)CC1. The quantitative estimate of drug-likeness (QED) is 0.887. The summed E-state index contributed by atoms with van der Waals surface area (Å²) in [5, 5.41) is 2.80. The van der Waals surface area contributed by atoms with Gasteiger partial charge < -0.3 is 15.8 Å². The molecule has 1 heterocycles. The van der Waals surface area contributed by atoms with E-state index >= 15 is 0 Å². The zero-order valence-corrected chi connectivity index (χ0v) is 11.9. The Bertz CT molecular complexity index is 684. The summed E-state index contributed by atoms with van der Waals surface area (Å²) in [5.74, 6) is 0.416. The van der Waals surface area contributed by atoms with E-state index in [-0.39, 0.29) is 11.7 Å². The third kappa shape index (κ3) is 3.40. The Morgan fingerprint density at radius 1 is 1.32 bits per heavy atom. The molecule has 3 N–H and O–H groups in total. The van der Waals surface area contributed by atoms with Crippen molar-refractivity contribution >= 4 is 5.91 Å². The number of nitrogens with zero attached hydrogens (tertiary/aromatic N) is 1. The summed E-state index contributed by atoms with van der Waals surface area (Å²) in [6.07, 6.45) is 3.05. The highest BCUT2D eigenvalue weighted by atomic mass is 19.1. The molecule has 1 saturated carbocycles. The molecule has 0 saturated heterocycles. The topological polar surface area (TPSA) is 77.2 Å². The molecule has 1 aromatic heterocycles. The normalized spacial score (nSPS) is 15.2. The molecule has 0 radical (unpaired) electrons. The number of halogens is 1. The predicted molar refractivity (Wildman–Crippen MR) is 78.7 cm³/mol. The largest absolute Gasteiger partial charge is 0.439 e. The predicted octanol–water partition coefficient (Wildman–Crippen LogP) is 2.12. The molecule has 1 aromatic carbocycles. The molecule has 6 heteroatoms. The van der Waals surface area contributed by atoms with Gasteiger partial charge in [-0.2, -0.15) is 0 Å². The van der Waals surface area contributed by atoms with Crippen LogP contribution < -0.4 is 15.8 Å². The molecule has 1 amide bonds. The van der Waals surface area contributed by atoms with Gasteiger partial charge in [-0.1, -0.05) is 0 Å². The number of benzene rings is 1. The summed E-state index contributed by atoms with van der Waals surface area (Å²) in [5.41, 5.74) is 5.99. The summed E-state index contributed by atoms with van der Waals surface area (Å²) in [7, 11) is 0. The number of amides is 1. The lowest BCUT2D eigenvalue weighted by atomic mass is 10.2. The summed E-state index contributed by atoms with van der Waals surface area (Å²) < 4.78 is 18.4. The van der Waals surface area contributed by atoms with Crippen molar-refractivity contribution in [3.05, 3.63) is 54.0 Å². The first kappa shape index (κ1) is 14.5. The van der Waals surface area contributed by atoms with Crippen LogP contribution in [0, 0.1) is 5.82 Å². The average molecular weight is 301 g/mol. The first-order valence-corrected chi connectivity index (χ1v) is 7.01. The van der Waals surface area contributed by atoms with Gasteiger partial charge in [0, 0.05) is 18.8 Å².